The molecule has 0 saturated carbocycles. The first-order valence-electron chi connectivity index (χ1n) is 14.7. The van der Waals surface area contributed by atoms with Gasteiger partial charge in [-0.3, -0.25) is 0 Å². The molecule has 0 unspecified atom stereocenters. The van der Waals surface area contributed by atoms with Crippen molar-refractivity contribution in [3.05, 3.63) is 162 Å². The number of hydrogen-bond acceptors (Lipinski definition) is 2. The predicted octanol–water partition coefficient (Wildman–Crippen LogP) is 10.2. The summed E-state index contributed by atoms with van der Waals surface area (Å²) >= 11 is 0. The molecule has 1 heterocycles. The molecule has 208 valence electrons. The molecule has 0 radical (unpaired) electrons. The van der Waals surface area contributed by atoms with E-state index < -0.39 is 5.41 Å². The fourth-order valence-electron chi connectivity index (χ4n) is 6.37. The lowest BCUT2D eigenvalue weighted by Crippen LogP contribution is -2.22. The van der Waals surface area contributed by atoms with Crippen LogP contribution in [0.2, 0.25) is 0 Å². The van der Waals surface area contributed by atoms with E-state index in [9.17, 15) is 10.5 Å². The third kappa shape index (κ3) is 4.53. The van der Waals surface area contributed by atoms with Crippen LogP contribution in [0.4, 0.5) is 0 Å². The molecule has 0 fully saturated rings. The van der Waals surface area contributed by atoms with Crippen molar-refractivity contribution in [2.45, 2.75) is 19.3 Å². The summed E-state index contributed by atoms with van der Waals surface area (Å²) in [6.45, 7) is 4.33. The summed E-state index contributed by atoms with van der Waals surface area (Å²) in [7, 11) is 0. The molecule has 0 spiro atoms. The largest absolute Gasteiger partial charge is 0.309 e. The van der Waals surface area contributed by atoms with Crippen molar-refractivity contribution in [2.24, 2.45) is 0 Å². The molecule has 3 heteroatoms. The fraction of sp³-hybridized carbons (Fsp3) is 0.0732. The zero-order valence-corrected chi connectivity index (χ0v) is 24.6. The highest BCUT2D eigenvalue weighted by Crippen LogP contribution is 2.41. The van der Waals surface area contributed by atoms with Crippen molar-refractivity contribution in [3.63, 3.8) is 0 Å². The highest BCUT2D eigenvalue weighted by Gasteiger charge is 2.28. The first-order valence-corrected chi connectivity index (χ1v) is 14.7. The van der Waals surface area contributed by atoms with Crippen LogP contribution in [0.3, 0.4) is 0 Å². The van der Waals surface area contributed by atoms with Gasteiger partial charge in [-0.1, -0.05) is 105 Å². The third-order valence-corrected chi connectivity index (χ3v) is 8.71. The van der Waals surface area contributed by atoms with E-state index in [2.05, 4.69) is 140 Å². The van der Waals surface area contributed by atoms with Crippen LogP contribution in [0, 0.1) is 22.7 Å². The van der Waals surface area contributed by atoms with E-state index >= 15 is 0 Å². The Morgan fingerprint density at radius 1 is 0.500 bits per heavy atom. The lowest BCUT2D eigenvalue weighted by atomic mass is 9.76. The van der Waals surface area contributed by atoms with Crippen LogP contribution in [0.1, 0.15) is 36.1 Å². The van der Waals surface area contributed by atoms with Gasteiger partial charge >= 0.3 is 0 Å². The number of hydrogen-bond donors (Lipinski definition) is 0. The second-order valence-electron chi connectivity index (χ2n) is 11.7. The molecule has 0 aliphatic heterocycles. The molecule has 3 nitrogen and oxygen atoms in total. The molecule has 0 bridgehead atoms. The van der Waals surface area contributed by atoms with Gasteiger partial charge in [-0.05, 0) is 81.9 Å². The van der Waals surface area contributed by atoms with Crippen LogP contribution >= 0.6 is 0 Å². The van der Waals surface area contributed by atoms with Crippen LogP contribution in [0.25, 0.3) is 49.7 Å². The topological polar surface area (TPSA) is 52.5 Å². The van der Waals surface area contributed by atoms with Crippen LogP contribution < -0.4 is 0 Å². The van der Waals surface area contributed by atoms with Crippen molar-refractivity contribution in [3.8, 4) is 40.1 Å². The molecule has 0 N–H and O–H groups in total. The van der Waals surface area contributed by atoms with E-state index in [0.717, 1.165) is 27.8 Å². The number of aromatic nitrogens is 1. The van der Waals surface area contributed by atoms with E-state index in [0.29, 0.717) is 11.1 Å². The van der Waals surface area contributed by atoms with Crippen LogP contribution in [0.15, 0.2) is 140 Å². The molecule has 0 atom stereocenters. The van der Waals surface area contributed by atoms with E-state index in [1.165, 1.54) is 33.0 Å². The SMILES string of the molecule is CC(C)(c1cc(C#N)cc(C#N)c1)c1ccccc1-n1c2ccc(-c3ccccc3)cc2c2cc(-c3ccccc3)ccc21. The van der Waals surface area contributed by atoms with Crippen molar-refractivity contribution in [2.75, 3.05) is 0 Å². The van der Waals surface area contributed by atoms with E-state index in [4.69, 9.17) is 0 Å². The molecule has 6 aromatic carbocycles. The maximum absolute atomic E-state index is 9.71. The van der Waals surface area contributed by atoms with Gasteiger partial charge in [0.25, 0.3) is 0 Å². The van der Waals surface area contributed by atoms with Gasteiger partial charge in [0, 0.05) is 16.2 Å². The zero-order chi connectivity index (χ0) is 30.3. The molecular formula is C41H29N3. The highest BCUT2D eigenvalue weighted by atomic mass is 15.0. The van der Waals surface area contributed by atoms with Gasteiger partial charge in [-0.2, -0.15) is 10.5 Å². The van der Waals surface area contributed by atoms with E-state index in [1.807, 2.05) is 24.3 Å². The Bertz CT molecular complexity index is 2130. The Labute approximate surface area is 257 Å². The summed E-state index contributed by atoms with van der Waals surface area (Å²) < 4.78 is 2.37. The Morgan fingerprint density at radius 3 is 1.48 bits per heavy atom. The monoisotopic (exact) mass is 563 g/mol. The standard InChI is InChI=1S/C41H29N3/c1-41(2,34-22-28(26-42)21-29(23-34)27-43)37-15-9-10-16-40(37)44-38-19-17-32(30-11-5-3-6-12-30)24-35(38)36-25-33(18-20-39(36)44)31-13-7-4-8-14-31/h3-25H,1-2H3. The summed E-state index contributed by atoms with van der Waals surface area (Å²) in [5.74, 6) is 0. The Kier molecular flexibility index (Phi) is 6.58. The molecular weight excluding hydrogens is 534 g/mol. The quantitative estimate of drug-likeness (QED) is 0.209. The van der Waals surface area contributed by atoms with Crippen molar-refractivity contribution < 1.29 is 0 Å². The minimum Gasteiger partial charge on any atom is -0.309 e. The Morgan fingerprint density at radius 2 is 0.977 bits per heavy atom. The first kappa shape index (κ1) is 27.0. The predicted molar refractivity (Wildman–Crippen MR) is 180 cm³/mol. The summed E-state index contributed by atoms with van der Waals surface area (Å²) in [6.07, 6.45) is 0. The number of nitriles is 2. The summed E-state index contributed by atoms with van der Waals surface area (Å²) in [5.41, 5.74) is 10.5. The van der Waals surface area contributed by atoms with Gasteiger partial charge in [0.15, 0.2) is 0 Å². The summed E-state index contributed by atoms with van der Waals surface area (Å²) in [6, 6.07) is 52.9. The van der Waals surface area contributed by atoms with Gasteiger partial charge in [0.1, 0.15) is 0 Å². The summed E-state index contributed by atoms with van der Waals surface area (Å²) in [5, 5.41) is 21.8. The second-order valence-corrected chi connectivity index (χ2v) is 11.7. The molecule has 1 aromatic heterocycles. The number of benzene rings is 6. The van der Waals surface area contributed by atoms with E-state index in [-0.39, 0.29) is 0 Å². The zero-order valence-electron chi connectivity index (χ0n) is 24.6. The van der Waals surface area contributed by atoms with Crippen molar-refractivity contribution in [1.29, 1.82) is 10.5 Å². The molecule has 0 aliphatic carbocycles. The summed E-state index contributed by atoms with van der Waals surface area (Å²) in [4.78, 5) is 0. The van der Waals surface area contributed by atoms with E-state index in [1.54, 1.807) is 6.07 Å². The minimum atomic E-state index is -0.494. The average molecular weight is 564 g/mol. The Hall–Kier alpha value is -5.90. The molecule has 7 aromatic rings. The average Bonchev–Trinajstić information content (AvgIpc) is 3.41. The van der Waals surface area contributed by atoms with Gasteiger partial charge in [0.2, 0.25) is 0 Å². The van der Waals surface area contributed by atoms with Crippen LogP contribution in [-0.2, 0) is 5.41 Å². The molecule has 44 heavy (non-hydrogen) atoms. The van der Waals surface area contributed by atoms with Gasteiger partial charge < -0.3 is 4.57 Å². The molecule has 0 aliphatic rings. The lowest BCUT2D eigenvalue weighted by molar-refractivity contribution is 0.636. The number of rotatable bonds is 5. The lowest BCUT2D eigenvalue weighted by Gasteiger charge is -2.29. The van der Waals surface area contributed by atoms with Gasteiger partial charge in [0.05, 0.1) is 40.0 Å². The fourth-order valence-corrected chi connectivity index (χ4v) is 6.37. The first-order chi connectivity index (χ1) is 21.5. The second kappa shape index (κ2) is 10.7. The van der Waals surface area contributed by atoms with Crippen molar-refractivity contribution in [1.82, 2.24) is 4.57 Å². The van der Waals surface area contributed by atoms with Crippen LogP contribution in [-0.4, -0.2) is 4.57 Å². The number of para-hydroxylation sites is 1. The highest BCUT2D eigenvalue weighted by molar-refractivity contribution is 6.11. The van der Waals surface area contributed by atoms with Gasteiger partial charge in [-0.15, -0.1) is 0 Å². The number of nitrogens with zero attached hydrogens (tertiary/aromatic N) is 3. The third-order valence-electron chi connectivity index (χ3n) is 8.71. The molecule has 0 saturated heterocycles. The minimum absolute atomic E-state index is 0.489. The van der Waals surface area contributed by atoms with Crippen LogP contribution in [0.5, 0.6) is 0 Å². The number of fused-ring (bicyclic) bond motifs is 3. The maximum Gasteiger partial charge on any atom is 0.0992 e. The smallest absolute Gasteiger partial charge is 0.0992 e. The van der Waals surface area contributed by atoms with Gasteiger partial charge in [-0.25, -0.2) is 0 Å². The van der Waals surface area contributed by atoms with Crippen molar-refractivity contribution >= 4 is 21.8 Å². The normalized spacial score (nSPS) is 11.4. The molecule has 7 rings (SSSR count). The maximum atomic E-state index is 9.71. The molecule has 0 amide bonds. The Balaban J connectivity index is 1.51.